The van der Waals surface area contributed by atoms with E-state index in [9.17, 15) is 9.59 Å². The highest BCUT2D eigenvalue weighted by atomic mass is 32.1. The summed E-state index contributed by atoms with van der Waals surface area (Å²) < 4.78 is 6.97. The predicted molar refractivity (Wildman–Crippen MR) is 104 cm³/mol. The van der Waals surface area contributed by atoms with Crippen molar-refractivity contribution in [3.8, 4) is 10.4 Å². The summed E-state index contributed by atoms with van der Waals surface area (Å²) in [5, 5.41) is 7.41. The maximum atomic E-state index is 13.1. The van der Waals surface area contributed by atoms with Gasteiger partial charge in [-0.15, -0.1) is 22.7 Å². The number of nitrogens with one attached hydrogen (secondary N) is 1. The second-order valence-electron chi connectivity index (χ2n) is 6.30. The number of aryl methyl sites for hydroxylation is 1. The van der Waals surface area contributed by atoms with Crippen LogP contribution in [0.25, 0.3) is 20.7 Å². The Morgan fingerprint density at radius 3 is 3.08 bits per heavy atom. The number of amides is 1. The first-order chi connectivity index (χ1) is 12.6. The largest absolute Gasteiger partial charge is 0.376 e. The van der Waals surface area contributed by atoms with Gasteiger partial charge in [-0.05, 0) is 31.2 Å². The predicted octanol–water partition coefficient (Wildman–Crippen LogP) is 2.79. The van der Waals surface area contributed by atoms with Crippen LogP contribution in [0.1, 0.15) is 18.7 Å². The fourth-order valence-electron chi connectivity index (χ4n) is 3.16. The third-order valence-electron chi connectivity index (χ3n) is 4.52. The van der Waals surface area contributed by atoms with Crippen LogP contribution < -0.4 is 10.9 Å². The van der Waals surface area contributed by atoms with Crippen molar-refractivity contribution in [3.63, 3.8) is 0 Å². The molecule has 1 fully saturated rings. The second-order valence-corrected chi connectivity index (χ2v) is 8.10. The molecule has 136 valence electrons. The summed E-state index contributed by atoms with van der Waals surface area (Å²) in [5.74, 6) is 0.356. The molecule has 0 saturated carbocycles. The summed E-state index contributed by atoms with van der Waals surface area (Å²) in [6, 6.07) is 3.95. The van der Waals surface area contributed by atoms with Crippen molar-refractivity contribution in [2.45, 2.75) is 32.4 Å². The third kappa shape index (κ3) is 3.32. The van der Waals surface area contributed by atoms with Crippen molar-refractivity contribution in [2.24, 2.45) is 0 Å². The van der Waals surface area contributed by atoms with Crippen molar-refractivity contribution in [1.29, 1.82) is 0 Å². The van der Waals surface area contributed by atoms with Gasteiger partial charge in [-0.1, -0.05) is 6.07 Å². The van der Waals surface area contributed by atoms with Crippen LogP contribution >= 0.6 is 22.7 Å². The Kier molecular flexibility index (Phi) is 4.88. The quantitative estimate of drug-likeness (QED) is 0.728. The maximum absolute atomic E-state index is 13.1. The smallest absolute Gasteiger partial charge is 0.263 e. The molecule has 1 saturated heterocycles. The van der Waals surface area contributed by atoms with Crippen molar-refractivity contribution in [2.75, 3.05) is 13.2 Å². The SMILES string of the molecule is Cc1nc2scc(-c3cccs3)c2c(=O)n1CC(=O)NC[C@H]1CCCO1. The summed E-state index contributed by atoms with van der Waals surface area (Å²) in [5.41, 5.74) is 0.732. The van der Waals surface area contributed by atoms with Gasteiger partial charge in [-0.25, -0.2) is 4.98 Å². The molecule has 1 atom stereocenters. The number of hydrogen-bond acceptors (Lipinski definition) is 6. The van der Waals surface area contributed by atoms with Gasteiger partial charge in [0.05, 0.1) is 11.5 Å². The number of carbonyl (C=O) groups is 1. The first kappa shape index (κ1) is 17.4. The number of carbonyl (C=O) groups excluding carboxylic acids is 1. The Morgan fingerprint density at radius 1 is 1.46 bits per heavy atom. The number of fused-ring (bicyclic) bond motifs is 1. The van der Waals surface area contributed by atoms with Gasteiger partial charge >= 0.3 is 0 Å². The van der Waals surface area contributed by atoms with Gasteiger partial charge < -0.3 is 10.1 Å². The van der Waals surface area contributed by atoms with Crippen molar-refractivity contribution in [3.05, 3.63) is 39.1 Å². The molecular weight excluding hydrogens is 370 g/mol. The molecule has 3 aromatic heterocycles. The highest BCUT2D eigenvalue weighted by Crippen LogP contribution is 2.33. The van der Waals surface area contributed by atoms with Crippen LogP contribution in [0.5, 0.6) is 0 Å². The molecule has 8 heteroatoms. The summed E-state index contributed by atoms with van der Waals surface area (Å²) in [6.45, 7) is 2.98. The first-order valence-corrected chi connectivity index (χ1v) is 10.3. The summed E-state index contributed by atoms with van der Waals surface area (Å²) >= 11 is 3.05. The van der Waals surface area contributed by atoms with E-state index in [0.29, 0.717) is 22.6 Å². The zero-order valence-electron chi connectivity index (χ0n) is 14.4. The Labute approximate surface area is 158 Å². The molecule has 1 aliphatic rings. The first-order valence-electron chi connectivity index (χ1n) is 8.54. The van der Waals surface area contributed by atoms with E-state index in [-0.39, 0.29) is 24.1 Å². The lowest BCUT2D eigenvalue weighted by molar-refractivity contribution is -0.122. The number of thiophene rings is 2. The standard InChI is InChI=1S/C18H19N3O3S2/c1-11-20-17-16(13(10-26-17)14-5-3-7-25-14)18(23)21(11)9-15(22)19-8-12-4-2-6-24-12/h3,5,7,10,12H,2,4,6,8-9H2,1H3,(H,19,22)/t12-/m1/s1. The number of rotatable bonds is 5. The average Bonchev–Trinajstić information content (AvgIpc) is 3.37. The lowest BCUT2D eigenvalue weighted by Crippen LogP contribution is -2.37. The zero-order valence-corrected chi connectivity index (χ0v) is 16.0. The molecule has 1 aliphatic heterocycles. The van der Waals surface area contributed by atoms with E-state index < -0.39 is 0 Å². The van der Waals surface area contributed by atoms with Crippen molar-refractivity contribution < 1.29 is 9.53 Å². The molecular formula is C18H19N3O3S2. The van der Waals surface area contributed by atoms with Crippen LogP contribution in [-0.2, 0) is 16.1 Å². The lowest BCUT2D eigenvalue weighted by Gasteiger charge is -2.13. The highest BCUT2D eigenvalue weighted by molar-refractivity contribution is 7.18. The fourth-order valence-corrected chi connectivity index (χ4v) is 4.96. The van der Waals surface area contributed by atoms with Crippen LogP contribution in [0.15, 0.2) is 27.7 Å². The van der Waals surface area contributed by atoms with Crippen LogP contribution in [0.4, 0.5) is 0 Å². The summed E-state index contributed by atoms with van der Waals surface area (Å²) in [7, 11) is 0. The summed E-state index contributed by atoms with van der Waals surface area (Å²) in [6.07, 6.45) is 2.08. The molecule has 26 heavy (non-hydrogen) atoms. The number of ether oxygens (including phenoxy) is 1. The van der Waals surface area contributed by atoms with E-state index >= 15 is 0 Å². The molecule has 0 aromatic carbocycles. The third-order valence-corrected chi connectivity index (χ3v) is 6.30. The minimum Gasteiger partial charge on any atom is -0.376 e. The molecule has 4 heterocycles. The Morgan fingerprint density at radius 2 is 2.35 bits per heavy atom. The Balaban J connectivity index is 1.61. The van der Waals surface area contributed by atoms with E-state index in [2.05, 4.69) is 10.3 Å². The van der Waals surface area contributed by atoms with Crippen molar-refractivity contribution >= 4 is 38.8 Å². The van der Waals surface area contributed by atoms with Gasteiger partial charge in [-0.3, -0.25) is 14.2 Å². The molecule has 0 aliphatic carbocycles. The molecule has 4 rings (SSSR count). The monoisotopic (exact) mass is 389 g/mol. The fraction of sp³-hybridized carbons (Fsp3) is 0.389. The minimum absolute atomic E-state index is 0.0277. The van der Waals surface area contributed by atoms with Crippen LogP contribution in [0.3, 0.4) is 0 Å². The number of hydrogen-bond donors (Lipinski definition) is 1. The molecule has 0 spiro atoms. The average molecular weight is 390 g/mol. The van der Waals surface area contributed by atoms with E-state index in [1.807, 2.05) is 22.9 Å². The molecule has 0 unspecified atom stereocenters. The molecule has 0 radical (unpaired) electrons. The molecule has 3 aromatic rings. The molecule has 1 amide bonds. The van der Waals surface area contributed by atoms with Crippen LogP contribution in [-0.4, -0.2) is 34.7 Å². The van der Waals surface area contributed by atoms with Gasteiger partial charge in [0.25, 0.3) is 5.56 Å². The van der Waals surface area contributed by atoms with Crippen LogP contribution in [0, 0.1) is 6.92 Å². The zero-order chi connectivity index (χ0) is 18.1. The lowest BCUT2D eigenvalue weighted by atomic mass is 10.2. The number of aromatic nitrogens is 2. The van der Waals surface area contributed by atoms with E-state index in [1.54, 1.807) is 18.3 Å². The van der Waals surface area contributed by atoms with Crippen molar-refractivity contribution in [1.82, 2.24) is 14.9 Å². The highest BCUT2D eigenvalue weighted by Gasteiger charge is 2.19. The van der Waals surface area contributed by atoms with Gasteiger partial charge in [0.1, 0.15) is 17.2 Å². The normalized spacial score (nSPS) is 17.0. The van der Waals surface area contributed by atoms with E-state index in [4.69, 9.17) is 4.74 Å². The second kappa shape index (κ2) is 7.30. The maximum Gasteiger partial charge on any atom is 0.263 e. The van der Waals surface area contributed by atoms with Gasteiger partial charge in [0.15, 0.2) is 0 Å². The molecule has 6 nitrogen and oxygen atoms in total. The Bertz CT molecular complexity index is 985. The van der Waals surface area contributed by atoms with E-state index in [0.717, 1.165) is 29.9 Å². The minimum atomic E-state index is -0.195. The van der Waals surface area contributed by atoms with Gasteiger partial charge in [0, 0.05) is 29.0 Å². The topological polar surface area (TPSA) is 73.2 Å². The molecule has 1 N–H and O–H groups in total. The van der Waals surface area contributed by atoms with E-state index in [1.165, 1.54) is 15.9 Å². The van der Waals surface area contributed by atoms with Gasteiger partial charge in [0.2, 0.25) is 5.91 Å². The van der Waals surface area contributed by atoms with Crippen LogP contribution in [0.2, 0.25) is 0 Å². The Hall–Kier alpha value is -2.03. The summed E-state index contributed by atoms with van der Waals surface area (Å²) in [4.78, 5) is 31.7. The number of nitrogens with zero attached hydrogens (tertiary/aromatic N) is 2. The molecule has 0 bridgehead atoms. The van der Waals surface area contributed by atoms with Gasteiger partial charge in [-0.2, -0.15) is 0 Å².